The molecule has 13 nitrogen and oxygen atoms in total. The van der Waals surface area contributed by atoms with Crippen LogP contribution in [0, 0.1) is 5.92 Å². The average molecular weight is 702 g/mol. The van der Waals surface area contributed by atoms with Gasteiger partial charge in [-0.3, -0.25) is 23.9 Å². The van der Waals surface area contributed by atoms with E-state index >= 15 is 0 Å². The second-order valence-corrected chi connectivity index (χ2v) is 14.8. The molecule has 3 fully saturated rings. The summed E-state index contributed by atoms with van der Waals surface area (Å²) >= 11 is 0. The molecular weight excluding hydrogens is 662 g/mol. The van der Waals surface area contributed by atoms with E-state index in [4.69, 9.17) is 9.47 Å². The van der Waals surface area contributed by atoms with Crippen LogP contribution in [0.4, 0.5) is 0 Å². The number of ether oxygens (including phenoxy) is 2. The number of hydrogen-bond acceptors (Lipinski definition) is 9. The van der Waals surface area contributed by atoms with Crippen molar-refractivity contribution in [3.63, 3.8) is 0 Å². The Morgan fingerprint density at radius 1 is 1.10 bits per heavy atom. The minimum absolute atomic E-state index is 0.0239. The highest BCUT2D eigenvalue weighted by Crippen LogP contribution is 2.45. The first kappa shape index (κ1) is 34.6. The lowest BCUT2D eigenvalue weighted by atomic mass is 10.0. The molecule has 14 heteroatoms. The first-order chi connectivity index (χ1) is 24.0. The second kappa shape index (κ2) is 13.9. The van der Waals surface area contributed by atoms with Crippen molar-refractivity contribution in [3.8, 4) is 11.6 Å². The van der Waals surface area contributed by atoms with Gasteiger partial charge in [-0.25, -0.2) is 13.4 Å². The van der Waals surface area contributed by atoms with Crippen molar-refractivity contribution in [1.29, 1.82) is 0 Å². The summed E-state index contributed by atoms with van der Waals surface area (Å²) in [5.74, 6) is -2.21. The van der Waals surface area contributed by atoms with Crippen LogP contribution in [0.25, 0.3) is 10.8 Å². The Labute approximate surface area is 290 Å². The molecule has 2 aromatic carbocycles. The topological polar surface area (TPSA) is 173 Å². The number of sulfonamides is 1. The van der Waals surface area contributed by atoms with Crippen LogP contribution in [-0.4, -0.2) is 84.6 Å². The van der Waals surface area contributed by atoms with Gasteiger partial charge < -0.3 is 25.0 Å². The average Bonchev–Trinajstić information content (AvgIpc) is 4.04. The number of carbonyl (C=O) groups is 4. The molecule has 3 aromatic rings. The van der Waals surface area contributed by atoms with Crippen LogP contribution < -0.4 is 24.8 Å². The Kier molecular flexibility index (Phi) is 9.65. The Hall–Kier alpha value is -5.24. The number of likely N-dealkylation sites (tertiary alicyclic amines) is 1. The zero-order chi connectivity index (χ0) is 35.6. The highest BCUT2D eigenvalue weighted by molar-refractivity contribution is 7.91. The molecule has 4 amide bonds. The van der Waals surface area contributed by atoms with E-state index < -0.39 is 68.5 Å². The number of methoxy groups -OCH3 is 1. The van der Waals surface area contributed by atoms with Crippen molar-refractivity contribution in [2.75, 3.05) is 13.7 Å². The van der Waals surface area contributed by atoms with Gasteiger partial charge in [0.25, 0.3) is 5.91 Å². The summed E-state index contributed by atoms with van der Waals surface area (Å²) < 4.78 is 39.1. The monoisotopic (exact) mass is 701 g/mol. The molecular formula is C36H39N5O8S. The van der Waals surface area contributed by atoms with Crippen LogP contribution in [0.15, 0.2) is 86.1 Å². The zero-order valence-corrected chi connectivity index (χ0v) is 28.4. The molecule has 50 heavy (non-hydrogen) atoms. The van der Waals surface area contributed by atoms with Crippen molar-refractivity contribution >= 4 is 44.4 Å². The Balaban J connectivity index is 1.29. The number of amides is 4. The number of fused-ring (bicyclic) bond motifs is 1. The maximum atomic E-state index is 14.3. The number of aromatic nitrogens is 1. The van der Waals surface area contributed by atoms with Crippen LogP contribution in [0.1, 0.15) is 31.2 Å². The Morgan fingerprint density at radius 3 is 2.52 bits per heavy atom. The molecule has 5 atom stereocenters. The van der Waals surface area contributed by atoms with E-state index in [2.05, 4.69) is 33.5 Å². The van der Waals surface area contributed by atoms with Crippen LogP contribution in [0.2, 0.25) is 0 Å². The largest absolute Gasteiger partial charge is 0.497 e. The fourth-order valence-electron chi connectivity index (χ4n) is 6.38. The lowest BCUT2D eigenvalue weighted by Crippen LogP contribution is -2.58. The molecule has 0 bridgehead atoms. The maximum Gasteiger partial charge on any atom is 0.259 e. The van der Waals surface area contributed by atoms with Gasteiger partial charge in [0.1, 0.15) is 29.5 Å². The third kappa shape index (κ3) is 7.20. The van der Waals surface area contributed by atoms with Crippen LogP contribution in [0.5, 0.6) is 11.6 Å². The van der Waals surface area contributed by atoms with Crippen LogP contribution in [-0.2, 0) is 35.6 Å². The van der Waals surface area contributed by atoms with E-state index in [-0.39, 0.29) is 25.8 Å². The first-order valence-corrected chi connectivity index (χ1v) is 17.9. The highest BCUT2D eigenvalue weighted by atomic mass is 32.2. The summed E-state index contributed by atoms with van der Waals surface area (Å²) in [6.45, 7) is 7.23. The highest BCUT2D eigenvalue weighted by Gasteiger charge is 2.62. The van der Waals surface area contributed by atoms with Crippen molar-refractivity contribution in [2.45, 2.75) is 61.1 Å². The molecule has 2 aliphatic carbocycles. The van der Waals surface area contributed by atoms with Crippen LogP contribution in [0.3, 0.4) is 0 Å². The van der Waals surface area contributed by atoms with E-state index in [0.29, 0.717) is 29.9 Å². The maximum absolute atomic E-state index is 14.3. The summed E-state index contributed by atoms with van der Waals surface area (Å²) in [5.41, 5.74) is -0.775. The molecule has 1 aromatic heterocycles. The lowest BCUT2D eigenvalue weighted by molar-refractivity contribution is -0.142. The molecule has 0 radical (unpaired) electrons. The number of benzene rings is 2. The molecule has 1 saturated heterocycles. The standard InChI is InChI=1S/C36H39N5O8S/c1-4-24-20-36(24,35(45)40-50(46,47)27-12-13-27)39-32(43)30-19-26(49-33-28-14-11-25(48-3)18-23(28)15-16-37-33)21-41(30)34(44)29(38-31(42)5-2)17-22-9-7-6-8-10-22/h4-11,14-16,18,24,26-27,29-30H,1-2,12-13,17,19-21H2,3H3,(H,38,42)(H,39,43)(H,40,45)/t24?,26-,29-,30+,36-/m1/s1. The summed E-state index contributed by atoms with van der Waals surface area (Å²) in [6.07, 6.45) is 4.64. The number of carbonyl (C=O) groups excluding carboxylic acids is 4. The van der Waals surface area contributed by atoms with Crippen molar-refractivity contribution < 1.29 is 37.1 Å². The second-order valence-electron chi connectivity index (χ2n) is 12.8. The fourth-order valence-corrected chi connectivity index (χ4v) is 7.75. The van der Waals surface area contributed by atoms with Gasteiger partial charge in [-0.15, -0.1) is 6.58 Å². The SMILES string of the molecule is C=CC(=O)N[C@H](Cc1ccccc1)C(=O)N1C[C@H](Oc2nccc3cc(OC)ccc23)C[C@H]1C(=O)N[C@]1(C(=O)NS(=O)(=O)C2CC2)CC1C=C. The van der Waals surface area contributed by atoms with Crippen molar-refractivity contribution in [2.24, 2.45) is 5.92 Å². The predicted molar refractivity (Wildman–Crippen MR) is 184 cm³/mol. The predicted octanol–water partition coefficient (Wildman–Crippen LogP) is 2.17. The number of rotatable bonds is 14. The Bertz CT molecular complexity index is 1950. The molecule has 1 aliphatic heterocycles. The molecule has 2 saturated carbocycles. The molecule has 0 spiro atoms. The molecule has 2 heterocycles. The smallest absolute Gasteiger partial charge is 0.259 e. The molecule has 262 valence electrons. The minimum atomic E-state index is -3.89. The van der Waals surface area contributed by atoms with Crippen molar-refractivity contribution in [1.82, 2.24) is 25.2 Å². The van der Waals surface area contributed by atoms with Gasteiger partial charge in [0.15, 0.2) is 0 Å². The third-order valence-electron chi connectivity index (χ3n) is 9.39. The summed E-state index contributed by atoms with van der Waals surface area (Å²) in [7, 11) is -2.33. The van der Waals surface area contributed by atoms with Gasteiger partial charge in [-0.1, -0.05) is 43.0 Å². The molecule has 1 unspecified atom stereocenters. The quantitative estimate of drug-likeness (QED) is 0.168. The first-order valence-electron chi connectivity index (χ1n) is 16.4. The van der Waals surface area contributed by atoms with E-state index in [1.165, 1.54) is 11.0 Å². The van der Waals surface area contributed by atoms with Crippen molar-refractivity contribution in [3.05, 3.63) is 91.7 Å². The van der Waals surface area contributed by atoms with Gasteiger partial charge in [0.05, 0.1) is 18.9 Å². The normalized spacial score (nSPS) is 23.3. The lowest BCUT2D eigenvalue weighted by Gasteiger charge is -2.29. The van der Waals surface area contributed by atoms with E-state index in [9.17, 15) is 27.6 Å². The number of nitrogens with zero attached hydrogens (tertiary/aromatic N) is 2. The molecule has 3 aliphatic rings. The van der Waals surface area contributed by atoms with Gasteiger partial charge in [0.2, 0.25) is 33.6 Å². The third-order valence-corrected chi connectivity index (χ3v) is 11.2. The summed E-state index contributed by atoms with van der Waals surface area (Å²) in [4.78, 5) is 60.2. The fraction of sp³-hybridized carbons (Fsp3) is 0.361. The summed E-state index contributed by atoms with van der Waals surface area (Å²) in [5, 5.41) is 6.33. The van der Waals surface area contributed by atoms with Crippen LogP contribution >= 0.6 is 0 Å². The molecule has 3 N–H and O–H groups in total. The number of pyridine rings is 1. The minimum Gasteiger partial charge on any atom is -0.497 e. The van der Waals surface area contributed by atoms with Gasteiger partial charge in [0, 0.05) is 30.3 Å². The Morgan fingerprint density at radius 2 is 1.86 bits per heavy atom. The van der Waals surface area contributed by atoms with E-state index in [0.717, 1.165) is 17.0 Å². The molecule has 6 rings (SSSR count). The van der Waals surface area contributed by atoms with E-state index in [1.54, 1.807) is 25.4 Å². The van der Waals surface area contributed by atoms with E-state index in [1.807, 2.05) is 42.5 Å². The van der Waals surface area contributed by atoms with Gasteiger partial charge in [-0.05, 0) is 60.6 Å². The summed E-state index contributed by atoms with van der Waals surface area (Å²) in [6, 6.07) is 14.1. The number of nitrogens with one attached hydrogen (secondary N) is 3. The zero-order valence-electron chi connectivity index (χ0n) is 27.5. The van der Waals surface area contributed by atoms with Gasteiger partial charge in [-0.2, -0.15) is 0 Å². The number of hydrogen-bond donors (Lipinski definition) is 3. The van der Waals surface area contributed by atoms with Gasteiger partial charge >= 0.3 is 0 Å².